The summed E-state index contributed by atoms with van der Waals surface area (Å²) in [7, 11) is 4.93. The highest BCUT2D eigenvalue weighted by Gasteiger charge is 2.20. The zero-order chi connectivity index (χ0) is 18.9. The second-order valence-electron chi connectivity index (χ2n) is 6.55. The number of amides is 1. The molecule has 0 spiro atoms. The summed E-state index contributed by atoms with van der Waals surface area (Å²) >= 11 is 0. The zero-order valence-electron chi connectivity index (χ0n) is 16.0. The van der Waals surface area contributed by atoms with Crippen molar-refractivity contribution in [2.24, 2.45) is 10.4 Å². The second kappa shape index (κ2) is 9.76. The lowest BCUT2D eigenvalue weighted by Crippen LogP contribution is -2.43. The maximum Gasteiger partial charge on any atom is 0.225 e. The molecule has 0 saturated heterocycles. The summed E-state index contributed by atoms with van der Waals surface area (Å²) in [6, 6.07) is 5.75. The standard InChI is InChI=1S/C18H30N4O3/c1-18(2,3)16(23)20-9-10-21-17(19-4)22-12-13-7-8-14(24-5)15(11-13)25-6/h7-8,11H,9-10,12H2,1-6H3,(H,20,23)(H2,19,21,22). The van der Waals surface area contributed by atoms with Crippen LogP contribution in [-0.4, -0.2) is 46.2 Å². The summed E-state index contributed by atoms with van der Waals surface area (Å²) in [5.74, 6) is 2.08. The molecule has 1 rings (SSSR count). The van der Waals surface area contributed by atoms with Crippen LogP contribution in [0.3, 0.4) is 0 Å². The monoisotopic (exact) mass is 350 g/mol. The molecule has 1 amide bonds. The predicted molar refractivity (Wildman–Crippen MR) is 100 cm³/mol. The van der Waals surface area contributed by atoms with E-state index in [0.29, 0.717) is 37.1 Å². The first-order valence-electron chi connectivity index (χ1n) is 8.25. The van der Waals surface area contributed by atoms with Gasteiger partial charge in [0.05, 0.1) is 14.2 Å². The van der Waals surface area contributed by atoms with E-state index in [2.05, 4.69) is 20.9 Å². The minimum absolute atomic E-state index is 0.0302. The number of guanidine groups is 1. The Morgan fingerprint density at radius 1 is 1.04 bits per heavy atom. The van der Waals surface area contributed by atoms with Crippen LogP contribution in [0, 0.1) is 5.41 Å². The van der Waals surface area contributed by atoms with Gasteiger partial charge in [0.15, 0.2) is 17.5 Å². The van der Waals surface area contributed by atoms with Crippen LogP contribution in [0.15, 0.2) is 23.2 Å². The van der Waals surface area contributed by atoms with E-state index in [1.54, 1.807) is 21.3 Å². The predicted octanol–water partition coefficient (Wildman–Crippen LogP) is 1.53. The Balaban J connectivity index is 2.43. The van der Waals surface area contributed by atoms with Crippen molar-refractivity contribution >= 4 is 11.9 Å². The van der Waals surface area contributed by atoms with Crippen LogP contribution in [0.2, 0.25) is 0 Å². The van der Waals surface area contributed by atoms with E-state index in [4.69, 9.17) is 9.47 Å². The minimum atomic E-state index is -0.382. The van der Waals surface area contributed by atoms with E-state index in [9.17, 15) is 4.79 Å². The van der Waals surface area contributed by atoms with Crippen LogP contribution in [-0.2, 0) is 11.3 Å². The Labute approximate surface area is 150 Å². The lowest BCUT2D eigenvalue weighted by Gasteiger charge is -2.18. The van der Waals surface area contributed by atoms with Gasteiger partial charge in [-0.3, -0.25) is 9.79 Å². The van der Waals surface area contributed by atoms with Crippen LogP contribution in [0.5, 0.6) is 11.5 Å². The summed E-state index contributed by atoms with van der Waals surface area (Å²) < 4.78 is 10.5. The minimum Gasteiger partial charge on any atom is -0.493 e. The Bertz CT molecular complexity index is 594. The first kappa shape index (κ1) is 20.6. The maximum absolute atomic E-state index is 11.8. The van der Waals surface area contributed by atoms with Gasteiger partial charge in [-0.05, 0) is 17.7 Å². The van der Waals surface area contributed by atoms with Crippen molar-refractivity contribution in [3.8, 4) is 11.5 Å². The molecule has 0 aliphatic carbocycles. The molecule has 0 fully saturated rings. The fourth-order valence-corrected chi connectivity index (χ4v) is 2.02. The lowest BCUT2D eigenvalue weighted by atomic mass is 9.96. The van der Waals surface area contributed by atoms with Crippen LogP contribution in [0.4, 0.5) is 0 Å². The Hall–Kier alpha value is -2.44. The molecule has 0 aliphatic heterocycles. The molecule has 1 aromatic carbocycles. The number of methoxy groups -OCH3 is 2. The number of carbonyl (C=O) groups is 1. The van der Waals surface area contributed by atoms with Gasteiger partial charge in [-0.25, -0.2) is 0 Å². The van der Waals surface area contributed by atoms with Gasteiger partial charge in [-0.15, -0.1) is 0 Å². The Morgan fingerprint density at radius 2 is 1.68 bits per heavy atom. The van der Waals surface area contributed by atoms with Crippen molar-refractivity contribution < 1.29 is 14.3 Å². The number of nitrogens with zero attached hydrogens (tertiary/aromatic N) is 1. The van der Waals surface area contributed by atoms with Gasteiger partial charge in [-0.2, -0.15) is 0 Å². The first-order valence-corrected chi connectivity index (χ1v) is 8.25. The SMILES string of the molecule is CN=C(NCCNC(=O)C(C)(C)C)NCc1ccc(OC)c(OC)c1. The maximum atomic E-state index is 11.8. The average Bonchev–Trinajstić information content (AvgIpc) is 2.59. The summed E-state index contributed by atoms with van der Waals surface area (Å²) in [6.45, 7) is 7.38. The van der Waals surface area contributed by atoms with Gasteiger partial charge >= 0.3 is 0 Å². The molecular formula is C18H30N4O3. The molecule has 0 atom stereocenters. The van der Waals surface area contributed by atoms with Crippen molar-refractivity contribution in [3.63, 3.8) is 0 Å². The fraction of sp³-hybridized carbons (Fsp3) is 0.556. The topological polar surface area (TPSA) is 84.0 Å². The van der Waals surface area contributed by atoms with E-state index >= 15 is 0 Å². The van der Waals surface area contributed by atoms with Crippen molar-refractivity contribution in [1.82, 2.24) is 16.0 Å². The molecule has 0 radical (unpaired) electrons. The highest BCUT2D eigenvalue weighted by molar-refractivity contribution is 5.81. The van der Waals surface area contributed by atoms with Crippen LogP contribution >= 0.6 is 0 Å². The van der Waals surface area contributed by atoms with E-state index in [1.165, 1.54) is 0 Å². The number of hydrogen-bond donors (Lipinski definition) is 3. The number of carbonyl (C=O) groups excluding carboxylic acids is 1. The third-order valence-corrected chi connectivity index (χ3v) is 3.52. The molecule has 0 unspecified atom stereocenters. The number of rotatable bonds is 7. The normalized spacial score (nSPS) is 11.7. The van der Waals surface area contributed by atoms with E-state index in [0.717, 1.165) is 5.56 Å². The largest absolute Gasteiger partial charge is 0.493 e. The van der Waals surface area contributed by atoms with E-state index < -0.39 is 0 Å². The Morgan fingerprint density at radius 3 is 2.24 bits per heavy atom. The van der Waals surface area contributed by atoms with Crippen LogP contribution in [0.25, 0.3) is 0 Å². The van der Waals surface area contributed by atoms with Crippen LogP contribution in [0.1, 0.15) is 26.3 Å². The van der Waals surface area contributed by atoms with E-state index in [-0.39, 0.29) is 11.3 Å². The van der Waals surface area contributed by atoms with Gasteiger partial charge in [0, 0.05) is 32.1 Å². The molecule has 7 heteroatoms. The highest BCUT2D eigenvalue weighted by Crippen LogP contribution is 2.27. The smallest absolute Gasteiger partial charge is 0.225 e. The van der Waals surface area contributed by atoms with Crippen molar-refractivity contribution in [2.75, 3.05) is 34.4 Å². The molecule has 0 heterocycles. The molecule has 0 saturated carbocycles. The number of aliphatic imine (C=N–C) groups is 1. The van der Waals surface area contributed by atoms with Gasteiger partial charge in [0.1, 0.15) is 0 Å². The Kier molecular flexibility index (Phi) is 8.04. The molecule has 25 heavy (non-hydrogen) atoms. The summed E-state index contributed by atoms with van der Waals surface area (Å²) in [5.41, 5.74) is 0.662. The fourth-order valence-electron chi connectivity index (χ4n) is 2.02. The molecule has 0 aromatic heterocycles. The lowest BCUT2D eigenvalue weighted by molar-refractivity contribution is -0.128. The van der Waals surface area contributed by atoms with Gasteiger partial charge in [-0.1, -0.05) is 26.8 Å². The molecular weight excluding hydrogens is 320 g/mol. The number of nitrogens with one attached hydrogen (secondary N) is 3. The molecule has 0 bridgehead atoms. The average molecular weight is 350 g/mol. The third-order valence-electron chi connectivity index (χ3n) is 3.52. The first-order chi connectivity index (χ1) is 11.8. The van der Waals surface area contributed by atoms with Crippen LogP contribution < -0.4 is 25.4 Å². The number of hydrogen-bond acceptors (Lipinski definition) is 4. The van der Waals surface area contributed by atoms with Gasteiger partial charge in [0.25, 0.3) is 0 Å². The van der Waals surface area contributed by atoms with Crippen molar-refractivity contribution in [2.45, 2.75) is 27.3 Å². The number of ether oxygens (including phenoxy) is 2. The quantitative estimate of drug-likeness (QED) is 0.395. The van der Waals surface area contributed by atoms with Crippen molar-refractivity contribution in [1.29, 1.82) is 0 Å². The molecule has 7 nitrogen and oxygen atoms in total. The molecule has 140 valence electrons. The summed E-state index contributed by atoms with van der Waals surface area (Å²) in [4.78, 5) is 16.0. The third kappa shape index (κ3) is 6.91. The summed E-state index contributed by atoms with van der Waals surface area (Å²) in [5, 5.41) is 9.28. The number of benzene rings is 1. The van der Waals surface area contributed by atoms with Crippen molar-refractivity contribution in [3.05, 3.63) is 23.8 Å². The summed E-state index contributed by atoms with van der Waals surface area (Å²) in [6.07, 6.45) is 0. The second-order valence-corrected chi connectivity index (χ2v) is 6.55. The molecule has 3 N–H and O–H groups in total. The van der Waals surface area contributed by atoms with Gasteiger partial charge < -0.3 is 25.4 Å². The molecule has 0 aliphatic rings. The molecule has 1 aromatic rings. The van der Waals surface area contributed by atoms with E-state index in [1.807, 2.05) is 39.0 Å². The van der Waals surface area contributed by atoms with Gasteiger partial charge in [0.2, 0.25) is 5.91 Å². The highest BCUT2D eigenvalue weighted by atomic mass is 16.5. The zero-order valence-corrected chi connectivity index (χ0v) is 16.0.